The molecule has 1 aliphatic rings. The number of aryl methyl sites for hydroxylation is 1. The van der Waals surface area contributed by atoms with E-state index in [9.17, 15) is 14.4 Å². The Kier molecular flexibility index (Phi) is 5.18. The van der Waals surface area contributed by atoms with Crippen LogP contribution in [0.15, 0.2) is 36.5 Å². The summed E-state index contributed by atoms with van der Waals surface area (Å²) in [5.41, 5.74) is 2.63. The van der Waals surface area contributed by atoms with Crippen LogP contribution in [0.3, 0.4) is 0 Å². The Morgan fingerprint density at radius 1 is 1.19 bits per heavy atom. The van der Waals surface area contributed by atoms with Gasteiger partial charge in [-0.1, -0.05) is 12.1 Å². The normalized spacial score (nSPS) is 14.4. The number of para-hydroxylation sites is 2. The number of hydrogen-bond donors (Lipinski definition) is 1. The molecule has 9 heteroatoms. The Labute approximate surface area is 179 Å². The number of carbonyl (C=O) groups excluding carboxylic acids is 3. The Hall–Kier alpha value is -3.75. The van der Waals surface area contributed by atoms with E-state index < -0.39 is 18.0 Å². The van der Waals surface area contributed by atoms with Gasteiger partial charge in [0.1, 0.15) is 6.54 Å². The summed E-state index contributed by atoms with van der Waals surface area (Å²) in [6, 6.07) is 8.68. The first kappa shape index (κ1) is 20.5. The zero-order valence-corrected chi connectivity index (χ0v) is 17.7. The molecule has 4 rings (SSSR count). The molecule has 1 aliphatic heterocycles. The van der Waals surface area contributed by atoms with Gasteiger partial charge >= 0.3 is 5.97 Å². The molecule has 1 aromatic carbocycles. The number of carbonyl (C=O) groups is 3. The number of fused-ring (bicyclic) bond motifs is 2. The summed E-state index contributed by atoms with van der Waals surface area (Å²) in [5.74, 6) is -1.43. The highest BCUT2D eigenvalue weighted by molar-refractivity contribution is 6.11. The van der Waals surface area contributed by atoms with E-state index in [1.165, 1.54) is 11.8 Å². The Bertz CT molecular complexity index is 1200. The number of benzene rings is 1. The molecule has 3 aromatic rings. The molecule has 0 aliphatic carbocycles. The fourth-order valence-corrected chi connectivity index (χ4v) is 3.61. The van der Waals surface area contributed by atoms with Crippen molar-refractivity contribution in [3.63, 3.8) is 0 Å². The third-order valence-corrected chi connectivity index (χ3v) is 5.07. The molecule has 0 radical (unpaired) electrons. The molecule has 9 nitrogen and oxygen atoms in total. The van der Waals surface area contributed by atoms with Gasteiger partial charge < -0.3 is 10.1 Å². The predicted octanol–water partition coefficient (Wildman–Crippen LogP) is 2.85. The lowest BCUT2D eigenvalue weighted by Crippen LogP contribution is -2.47. The summed E-state index contributed by atoms with van der Waals surface area (Å²) >= 11 is 0. The van der Waals surface area contributed by atoms with Crippen LogP contribution >= 0.6 is 0 Å². The number of esters is 1. The monoisotopic (exact) mass is 421 g/mol. The van der Waals surface area contributed by atoms with Crippen LogP contribution in [0.1, 0.15) is 42.9 Å². The van der Waals surface area contributed by atoms with Crippen molar-refractivity contribution in [2.45, 2.75) is 39.8 Å². The summed E-state index contributed by atoms with van der Waals surface area (Å²) in [7, 11) is 0. The highest BCUT2D eigenvalue weighted by atomic mass is 16.5. The lowest BCUT2D eigenvalue weighted by Gasteiger charge is -2.30. The molecule has 0 bridgehead atoms. The maximum Gasteiger partial charge on any atom is 0.339 e. The molecular weight excluding hydrogens is 398 g/mol. The number of aromatic nitrogens is 3. The number of pyridine rings is 1. The Morgan fingerprint density at radius 3 is 2.68 bits per heavy atom. The lowest BCUT2D eigenvalue weighted by atomic mass is 10.1. The van der Waals surface area contributed by atoms with Gasteiger partial charge in [0, 0.05) is 11.7 Å². The van der Waals surface area contributed by atoms with Crippen molar-refractivity contribution in [3.05, 3.63) is 47.8 Å². The first-order valence-electron chi connectivity index (χ1n) is 10.0. The largest absolute Gasteiger partial charge is 0.449 e. The van der Waals surface area contributed by atoms with Gasteiger partial charge in [0.25, 0.3) is 5.91 Å². The third kappa shape index (κ3) is 3.74. The van der Waals surface area contributed by atoms with Gasteiger partial charge in [-0.2, -0.15) is 5.10 Å². The first-order chi connectivity index (χ1) is 14.8. The number of nitrogens with one attached hydrogen (secondary N) is 1. The summed E-state index contributed by atoms with van der Waals surface area (Å²) in [6.45, 7) is 7.09. The summed E-state index contributed by atoms with van der Waals surface area (Å²) < 4.78 is 7.24. The number of nitrogens with zero attached hydrogens (tertiary/aromatic N) is 4. The van der Waals surface area contributed by atoms with E-state index in [1.807, 2.05) is 13.8 Å². The molecule has 0 fully saturated rings. The van der Waals surface area contributed by atoms with Crippen LogP contribution in [0.4, 0.5) is 11.4 Å². The number of amides is 2. The smallest absolute Gasteiger partial charge is 0.339 e. The lowest BCUT2D eigenvalue weighted by molar-refractivity contribution is -0.128. The average Bonchev–Trinajstić information content (AvgIpc) is 3.15. The maximum absolute atomic E-state index is 13.0. The minimum Gasteiger partial charge on any atom is -0.449 e. The van der Waals surface area contributed by atoms with E-state index in [1.54, 1.807) is 48.1 Å². The number of anilines is 2. The van der Waals surface area contributed by atoms with Crippen LogP contribution < -0.4 is 10.2 Å². The van der Waals surface area contributed by atoms with E-state index in [0.717, 1.165) is 0 Å². The van der Waals surface area contributed by atoms with Crippen molar-refractivity contribution in [1.82, 2.24) is 14.8 Å². The second-order valence-electron chi connectivity index (χ2n) is 7.77. The molecule has 2 amide bonds. The fourth-order valence-electron chi connectivity index (χ4n) is 3.61. The molecule has 31 heavy (non-hydrogen) atoms. The van der Waals surface area contributed by atoms with Crippen LogP contribution in [0.25, 0.3) is 11.0 Å². The van der Waals surface area contributed by atoms with Crippen LogP contribution in [0.2, 0.25) is 0 Å². The average molecular weight is 421 g/mol. The van der Waals surface area contributed by atoms with Gasteiger partial charge in [0.2, 0.25) is 5.91 Å². The van der Waals surface area contributed by atoms with E-state index in [0.29, 0.717) is 33.7 Å². The van der Waals surface area contributed by atoms with Crippen molar-refractivity contribution in [2.24, 2.45) is 0 Å². The highest BCUT2D eigenvalue weighted by Crippen LogP contribution is 2.30. The first-order valence-corrected chi connectivity index (χ1v) is 10.0. The molecule has 0 spiro atoms. The zero-order valence-electron chi connectivity index (χ0n) is 17.7. The van der Waals surface area contributed by atoms with Crippen LogP contribution in [-0.4, -0.2) is 45.2 Å². The Morgan fingerprint density at radius 2 is 1.94 bits per heavy atom. The standard InChI is InChI=1S/C22H23N5O4/c1-12(2)27-20-16(10-23-27)15(9-13(3)24-20)22(30)31-14(4)21(29)26-11-19(28)25-17-7-5-6-8-18(17)26/h5-10,12,14H,11H2,1-4H3,(H,25,28). The van der Waals surface area contributed by atoms with Gasteiger partial charge in [0.05, 0.1) is 28.5 Å². The third-order valence-electron chi connectivity index (χ3n) is 5.07. The zero-order chi connectivity index (χ0) is 22.3. The van der Waals surface area contributed by atoms with Crippen molar-refractivity contribution >= 4 is 40.2 Å². The Balaban J connectivity index is 1.60. The SMILES string of the molecule is Cc1cc(C(=O)OC(C)C(=O)N2CC(=O)Nc3ccccc32)c2cnn(C(C)C)c2n1. The molecule has 2 aromatic heterocycles. The second kappa shape index (κ2) is 7.82. The topological polar surface area (TPSA) is 106 Å². The van der Waals surface area contributed by atoms with Crippen molar-refractivity contribution in [2.75, 3.05) is 16.8 Å². The molecule has 0 saturated heterocycles. The van der Waals surface area contributed by atoms with Gasteiger partial charge in [-0.05, 0) is 45.9 Å². The number of rotatable bonds is 4. The molecule has 1 N–H and O–H groups in total. The molecular formula is C22H23N5O4. The van der Waals surface area contributed by atoms with E-state index >= 15 is 0 Å². The van der Waals surface area contributed by atoms with Crippen molar-refractivity contribution in [1.29, 1.82) is 0 Å². The molecule has 1 unspecified atom stereocenters. The summed E-state index contributed by atoms with van der Waals surface area (Å²) in [5, 5.41) is 7.62. The minimum atomic E-state index is -1.09. The van der Waals surface area contributed by atoms with Gasteiger partial charge in [0.15, 0.2) is 11.8 Å². The molecule has 160 valence electrons. The van der Waals surface area contributed by atoms with Gasteiger partial charge in [-0.15, -0.1) is 0 Å². The number of hydrogen-bond acceptors (Lipinski definition) is 6. The van der Waals surface area contributed by atoms with Crippen LogP contribution in [-0.2, 0) is 14.3 Å². The molecule has 3 heterocycles. The van der Waals surface area contributed by atoms with Gasteiger partial charge in [-0.3, -0.25) is 14.5 Å². The number of ether oxygens (including phenoxy) is 1. The van der Waals surface area contributed by atoms with E-state index in [4.69, 9.17) is 4.74 Å². The second-order valence-corrected chi connectivity index (χ2v) is 7.77. The van der Waals surface area contributed by atoms with E-state index in [-0.39, 0.29) is 18.5 Å². The molecule has 1 atom stereocenters. The predicted molar refractivity (Wildman–Crippen MR) is 115 cm³/mol. The minimum absolute atomic E-state index is 0.0708. The maximum atomic E-state index is 13.0. The van der Waals surface area contributed by atoms with Crippen LogP contribution in [0.5, 0.6) is 0 Å². The van der Waals surface area contributed by atoms with Crippen molar-refractivity contribution in [3.8, 4) is 0 Å². The molecule has 0 saturated carbocycles. The summed E-state index contributed by atoms with van der Waals surface area (Å²) in [4.78, 5) is 43.8. The van der Waals surface area contributed by atoms with Crippen LogP contribution in [0, 0.1) is 6.92 Å². The van der Waals surface area contributed by atoms with Gasteiger partial charge in [-0.25, -0.2) is 14.5 Å². The van der Waals surface area contributed by atoms with E-state index in [2.05, 4.69) is 15.4 Å². The van der Waals surface area contributed by atoms with Crippen molar-refractivity contribution < 1.29 is 19.1 Å². The fraction of sp³-hybridized carbons (Fsp3) is 0.318. The quantitative estimate of drug-likeness (QED) is 0.649. The summed E-state index contributed by atoms with van der Waals surface area (Å²) in [6.07, 6.45) is 0.492. The highest BCUT2D eigenvalue weighted by Gasteiger charge is 2.32.